The molecule has 7 nitrogen and oxygen atoms in total. The van der Waals surface area contributed by atoms with Gasteiger partial charge in [-0.15, -0.1) is 0 Å². The van der Waals surface area contributed by atoms with Crippen molar-refractivity contribution < 1.29 is 4.39 Å². The van der Waals surface area contributed by atoms with Crippen LogP contribution < -0.4 is 16.4 Å². The number of aromatic nitrogens is 4. The molecule has 5 rings (SSSR count). The number of hydrogen-bond acceptors (Lipinski definition) is 6. The van der Waals surface area contributed by atoms with Gasteiger partial charge in [-0.25, -0.2) is 14.4 Å². The van der Waals surface area contributed by atoms with Crippen LogP contribution in [0.1, 0.15) is 36.9 Å². The van der Waals surface area contributed by atoms with Gasteiger partial charge in [-0.1, -0.05) is 37.3 Å². The Bertz CT molecular complexity index is 1310. The summed E-state index contributed by atoms with van der Waals surface area (Å²) in [6.07, 6.45) is 7.59. The highest BCUT2D eigenvalue weighted by Gasteiger charge is 2.34. The summed E-state index contributed by atoms with van der Waals surface area (Å²) in [6.45, 7) is 3.86. The van der Waals surface area contributed by atoms with Crippen molar-refractivity contribution in [2.75, 3.05) is 24.1 Å². The molecule has 0 unspecified atom stereocenters. The summed E-state index contributed by atoms with van der Waals surface area (Å²) >= 11 is 0. The van der Waals surface area contributed by atoms with Crippen molar-refractivity contribution in [2.24, 2.45) is 0 Å². The molecule has 1 saturated carbocycles. The van der Waals surface area contributed by atoms with Crippen LogP contribution in [-0.4, -0.2) is 32.6 Å². The zero-order valence-corrected chi connectivity index (χ0v) is 18.4. The number of nitrogens with two attached hydrogens (primary N) is 1. The van der Waals surface area contributed by atoms with Crippen molar-refractivity contribution in [3.05, 3.63) is 71.8 Å². The lowest BCUT2D eigenvalue weighted by Gasteiger charge is -2.10. The lowest BCUT2D eigenvalue weighted by atomic mass is 10.2. The van der Waals surface area contributed by atoms with E-state index in [4.69, 9.17) is 5.73 Å². The van der Waals surface area contributed by atoms with E-state index in [0.29, 0.717) is 34.3 Å². The molecule has 4 N–H and O–H groups in total. The first-order valence-electron chi connectivity index (χ1n) is 11.2. The minimum Gasteiger partial charge on any atom is -0.384 e. The Morgan fingerprint density at radius 1 is 1.15 bits per heavy atom. The van der Waals surface area contributed by atoms with Crippen LogP contribution >= 0.6 is 0 Å². The topological polar surface area (TPSA) is 93.7 Å². The molecule has 1 aliphatic rings. The van der Waals surface area contributed by atoms with Crippen molar-refractivity contribution in [2.45, 2.75) is 25.7 Å². The second-order valence-electron chi connectivity index (χ2n) is 8.12. The molecule has 0 amide bonds. The van der Waals surface area contributed by atoms with E-state index in [9.17, 15) is 0 Å². The van der Waals surface area contributed by atoms with Crippen LogP contribution in [0, 0.1) is 5.82 Å². The molecule has 8 heteroatoms. The van der Waals surface area contributed by atoms with Crippen LogP contribution in [0.3, 0.4) is 0 Å². The third-order valence-corrected chi connectivity index (χ3v) is 5.62. The zero-order valence-electron chi connectivity index (χ0n) is 18.4. The number of nitrogens with zero attached hydrogens (tertiary/aromatic N) is 4. The van der Waals surface area contributed by atoms with Gasteiger partial charge in [0.25, 0.3) is 0 Å². The molecular weight excluding hydrogens is 417 g/mol. The predicted molar refractivity (Wildman–Crippen MR) is 130 cm³/mol. The Kier molecular flexibility index (Phi) is 5.75. The van der Waals surface area contributed by atoms with Gasteiger partial charge >= 0.3 is 0 Å². The van der Waals surface area contributed by atoms with Crippen LogP contribution in [0.2, 0.25) is 0 Å². The first-order valence-corrected chi connectivity index (χ1v) is 11.2. The summed E-state index contributed by atoms with van der Waals surface area (Å²) in [6, 6.07) is 13.3. The van der Waals surface area contributed by atoms with Gasteiger partial charge in [-0.2, -0.15) is 4.98 Å². The number of nitrogens with one attached hydrogen (secondary N) is 2. The second-order valence-corrected chi connectivity index (χ2v) is 8.12. The summed E-state index contributed by atoms with van der Waals surface area (Å²) in [5.41, 5.74) is 8.94. The molecule has 4 aromatic rings. The maximum absolute atomic E-state index is 15.3. The zero-order chi connectivity index (χ0) is 22.8. The summed E-state index contributed by atoms with van der Waals surface area (Å²) in [5, 5.41) is 6.86. The summed E-state index contributed by atoms with van der Waals surface area (Å²) in [5.74, 6) is 1.21. The number of rotatable bonds is 8. The third kappa shape index (κ3) is 4.42. The van der Waals surface area contributed by atoms with Gasteiger partial charge < -0.3 is 16.4 Å². The Morgan fingerprint density at radius 3 is 2.70 bits per heavy atom. The van der Waals surface area contributed by atoms with E-state index < -0.39 is 0 Å². The molecule has 0 radical (unpaired) electrons. The van der Waals surface area contributed by atoms with E-state index in [1.165, 1.54) is 6.20 Å². The van der Waals surface area contributed by atoms with Gasteiger partial charge in [-0.05, 0) is 49.2 Å². The molecule has 0 saturated heterocycles. The summed E-state index contributed by atoms with van der Waals surface area (Å²) < 4.78 is 17.1. The van der Waals surface area contributed by atoms with Gasteiger partial charge in [-0.3, -0.25) is 4.57 Å². The molecule has 33 heavy (non-hydrogen) atoms. The Balaban J connectivity index is 1.47. The fourth-order valence-corrected chi connectivity index (χ4v) is 3.85. The molecule has 0 aliphatic heterocycles. The van der Waals surface area contributed by atoms with E-state index in [-0.39, 0.29) is 11.7 Å². The smallest absolute Gasteiger partial charge is 0.229 e. The highest BCUT2D eigenvalue weighted by Crippen LogP contribution is 2.45. The minimum atomic E-state index is -0.281. The van der Waals surface area contributed by atoms with Gasteiger partial charge in [0.1, 0.15) is 11.6 Å². The second kappa shape index (κ2) is 8.99. The van der Waals surface area contributed by atoms with E-state index in [1.54, 1.807) is 10.6 Å². The van der Waals surface area contributed by atoms with Crippen molar-refractivity contribution in [1.82, 2.24) is 24.8 Å². The van der Waals surface area contributed by atoms with Crippen LogP contribution in [-0.2, 0) is 0 Å². The molecular formula is C25H26FN7. The largest absolute Gasteiger partial charge is 0.384 e. The Morgan fingerprint density at radius 2 is 1.97 bits per heavy atom. The van der Waals surface area contributed by atoms with Crippen LogP contribution in [0.15, 0.2) is 54.7 Å². The monoisotopic (exact) mass is 443 g/mol. The molecule has 1 fully saturated rings. The van der Waals surface area contributed by atoms with Crippen LogP contribution in [0.25, 0.3) is 22.9 Å². The van der Waals surface area contributed by atoms with Crippen molar-refractivity contribution >= 4 is 34.6 Å². The third-order valence-electron chi connectivity index (χ3n) is 5.62. The highest BCUT2D eigenvalue weighted by molar-refractivity contribution is 5.81. The lowest BCUT2D eigenvalue weighted by Crippen LogP contribution is -2.11. The molecule has 3 heterocycles. The van der Waals surface area contributed by atoms with Crippen molar-refractivity contribution in [3.8, 4) is 5.82 Å². The lowest BCUT2D eigenvalue weighted by molar-refractivity contribution is 0.613. The van der Waals surface area contributed by atoms with Crippen LogP contribution in [0.5, 0.6) is 0 Å². The number of fused-ring (bicyclic) bond motifs is 1. The highest BCUT2D eigenvalue weighted by atomic mass is 19.1. The molecule has 0 atom stereocenters. The normalized spacial score (nSPS) is 13.8. The average molecular weight is 444 g/mol. The molecule has 1 aromatic carbocycles. The first-order chi connectivity index (χ1) is 16.1. The maximum Gasteiger partial charge on any atom is 0.229 e. The number of anilines is 3. The van der Waals surface area contributed by atoms with Gasteiger partial charge in [0.05, 0.1) is 11.1 Å². The van der Waals surface area contributed by atoms with E-state index in [0.717, 1.165) is 37.2 Å². The number of hydrogen-bond donors (Lipinski definition) is 3. The molecule has 0 spiro atoms. The van der Waals surface area contributed by atoms with Crippen LogP contribution in [0.4, 0.5) is 21.8 Å². The van der Waals surface area contributed by atoms with Gasteiger partial charge in [0.15, 0.2) is 11.5 Å². The standard InChI is InChI=1S/C25H26FN7/c1-2-28-14-4-5-16-8-12-18(13-9-16)30-25-29-15-19-22(26)23(17-10-11-17)33(24(19)32-25)21-7-3-6-20(27)31-21/h3-9,12-13,15,17,28H,2,10-11,14H2,1H3,(H2,27,31)(H,29,30,32)/b5-4+. The van der Waals surface area contributed by atoms with Gasteiger partial charge in [0.2, 0.25) is 5.95 Å². The summed E-state index contributed by atoms with van der Waals surface area (Å²) in [4.78, 5) is 13.4. The van der Waals surface area contributed by atoms with E-state index >= 15 is 4.39 Å². The predicted octanol–water partition coefficient (Wildman–Crippen LogP) is 4.78. The van der Waals surface area contributed by atoms with Crippen molar-refractivity contribution in [3.63, 3.8) is 0 Å². The molecule has 168 valence electrons. The number of benzene rings is 1. The minimum absolute atomic E-state index is 0.159. The fraction of sp³-hybridized carbons (Fsp3) is 0.240. The average Bonchev–Trinajstić information content (AvgIpc) is 3.62. The quantitative estimate of drug-likeness (QED) is 0.339. The summed E-state index contributed by atoms with van der Waals surface area (Å²) in [7, 11) is 0. The molecule has 3 aromatic heterocycles. The van der Waals surface area contributed by atoms with E-state index in [2.05, 4.69) is 44.7 Å². The fourth-order valence-electron chi connectivity index (χ4n) is 3.85. The number of pyridine rings is 1. The molecule has 1 aliphatic carbocycles. The number of halogens is 1. The number of nitrogen functional groups attached to an aromatic ring is 1. The SMILES string of the molecule is CCNC/C=C/c1ccc(Nc2ncc3c(F)c(C4CC4)n(-c4cccc(N)n4)c3n2)cc1. The molecule has 0 bridgehead atoms. The Labute approximate surface area is 191 Å². The first kappa shape index (κ1) is 21.1. The maximum atomic E-state index is 15.3. The van der Waals surface area contributed by atoms with Crippen molar-refractivity contribution in [1.29, 1.82) is 0 Å². The Hall–Kier alpha value is -3.78. The van der Waals surface area contributed by atoms with E-state index in [1.807, 2.05) is 36.4 Å². The number of likely N-dealkylation sites (N-methyl/N-ethyl adjacent to an activating group) is 1. The van der Waals surface area contributed by atoms with Gasteiger partial charge in [0, 0.05) is 24.3 Å².